The zero-order valence-corrected chi connectivity index (χ0v) is 17.8. The highest BCUT2D eigenvalue weighted by molar-refractivity contribution is 7.98. The van der Waals surface area contributed by atoms with E-state index in [0.717, 1.165) is 4.31 Å². The van der Waals surface area contributed by atoms with Crippen molar-refractivity contribution in [2.75, 3.05) is 14.1 Å². The Hall–Kier alpha value is -2.40. The maximum atomic E-state index is 12.3. The number of aromatic nitrogens is 3. The Labute approximate surface area is 175 Å². The van der Waals surface area contributed by atoms with Crippen molar-refractivity contribution in [2.45, 2.75) is 15.9 Å². The lowest BCUT2D eigenvalue weighted by molar-refractivity contribution is 0.486. The van der Waals surface area contributed by atoms with Crippen LogP contribution in [0, 0.1) is 0 Å². The highest BCUT2D eigenvalue weighted by atomic mass is 35.5. The number of thioether (sulfide) groups is 1. The molecule has 0 saturated heterocycles. The van der Waals surface area contributed by atoms with Gasteiger partial charge in [-0.3, -0.25) is 0 Å². The van der Waals surface area contributed by atoms with Crippen molar-refractivity contribution >= 4 is 44.5 Å². The minimum atomic E-state index is -3.54. The molecule has 0 atom stereocenters. The van der Waals surface area contributed by atoms with E-state index in [1.54, 1.807) is 18.2 Å². The largest absolute Gasteiger partial charge is 0.431 e. The Balaban J connectivity index is 1.51. The third kappa shape index (κ3) is 4.01. The molecule has 0 aliphatic rings. The molecular formula is C18H15ClN4O4S2. The summed E-state index contributed by atoms with van der Waals surface area (Å²) >= 11 is 7.41. The topological polar surface area (TPSA) is 102 Å². The van der Waals surface area contributed by atoms with Crippen LogP contribution < -0.4 is 0 Å². The first-order valence-corrected chi connectivity index (χ1v) is 11.2. The third-order valence-corrected chi connectivity index (χ3v) is 6.96. The Bertz CT molecular complexity index is 1280. The molecule has 4 rings (SSSR count). The van der Waals surface area contributed by atoms with Gasteiger partial charge in [-0.2, -0.15) is 0 Å². The molecule has 0 spiro atoms. The van der Waals surface area contributed by atoms with Crippen LogP contribution in [0.3, 0.4) is 0 Å². The second-order valence-corrected chi connectivity index (χ2v) is 9.65. The van der Waals surface area contributed by atoms with Gasteiger partial charge in [-0.25, -0.2) is 17.7 Å². The number of hydrogen-bond acceptors (Lipinski definition) is 8. The lowest BCUT2D eigenvalue weighted by atomic mass is 10.2. The van der Waals surface area contributed by atoms with Crippen molar-refractivity contribution in [3.63, 3.8) is 0 Å². The SMILES string of the molecule is CN(C)S(=O)(=O)c1ccc2oc(SCc3nnc(-c4ccccc4Cl)o3)nc2c1. The van der Waals surface area contributed by atoms with E-state index in [1.165, 1.54) is 38.0 Å². The van der Waals surface area contributed by atoms with Gasteiger partial charge in [0.05, 0.1) is 21.2 Å². The van der Waals surface area contributed by atoms with Gasteiger partial charge in [0.2, 0.25) is 21.8 Å². The average Bonchev–Trinajstić information content (AvgIpc) is 3.32. The van der Waals surface area contributed by atoms with E-state index in [2.05, 4.69) is 15.2 Å². The van der Waals surface area contributed by atoms with Crippen LogP contribution in [0.25, 0.3) is 22.6 Å². The standard InChI is InChI=1S/C18H15ClN4O4S2/c1-23(2)29(24,25)11-7-8-15-14(9-11)20-18(26-15)28-10-16-21-22-17(27-16)12-5-3-4-6-13(12)19/h3-9H,10H2,1-2H3. The van der Waals surface area contributed by atoms with Crippen LogP contribution in [0.15, 0.2) is 61.4 Å². The molecule has 0 N–H and O–H groups in total. The summed E-state index contributed by atoms with van der Waals surface area (Å²) in [7, 11) is -0.587. The van der Waals surface area contributed by atoms with E-state index >= 15 is 0 Å². The molecule has 0 radical (unpaired) electrons. The van der Waals surface area contributed by atoms with Crippen molar-refractivity contribution in [1.29, 1.82) is 0 Å². The van der Waals surface area contributed by atoms with Gasteiger partial charge in [0, 0.05) is 14.1 Å². The molecule has 0 aliphatic carbocycles. The van der Waals surface area contributed by atoms with Crippen molar-refractivity contribution in [3.8, 4) is 11.5 Å². The molecule has 2 heterocycles. The van der Waals surface area contributed by atoms with Gasteiger partial charge in [-0.05, 0) is 30.3 Å². The van der Waals surface area contributed by atoms with Gasteiger partial charge in [-0.15, -0.1) is 10.2 Å². The molecule has 2 aromatic carbocycles. The normalized spacial score (nSPS) is 12.1. The lowest BCUT2D eigenvalue weighted by Crippen LogP contribution is -2.22. The Kier molecular flexibility index (Phi) is 5.34. The summed E-state index contributed by atoms with van der Waals surface area (Å²) < 4.78 is 37.0. The number of hydrogen-bond donors (Lipinski definition) is 0. The second kappa shape index (κ2) is 7.79. The van der Waals surface area contributed by atoms with E-state index in [4.69, 9.17) is 20.4 Å². The Morgan fingerprint density at radius 2 is 1.90 bits per heavy atom. The van der Waals surface area contributed by atoms with Crippen molar-refractivity contribution in [3.05, 3.63) is 53.4 Å². The minimum Gasteiger partial charge on any atom is -0.431 e. The Morgan fingerprint density at radius 1 is 1.10 bits per heavy atom. The fraction of sp³-hybridized carbons (Fsp3) is 0.167. The fourth-order valence-electron chi connectivity index (χ4n) is 2.50. The first kappa shape index (κ1) is 19.9. The van der Waals surface area contributed by atoms with E-state index in [9.17, 15) is 8.42 Å². The number of benzene rings is 2. The first-order valence-electron chi connectivity index (χ1n) is 8.38. The smallest absolute Gasteiger partial charge is 0.257 e. The zero-order valence-electron chi connectivity index (χ0n) is 15.4. The van der Waals surface area contributed by atoms with Crippen LogP contribution in [0.2, 0.25) is 5.02 Å². The molecule has 0 aliphatic heterocycles. The molecular weight excluding hydrogens is 436 g/mol. The molecule has 0 bridgehead atoms. The predicted molar refractivity (Wildman–Crippen MR) is 109 cm³/mol. The summed E-state index contributed by atoms with van der Waals surface area (Å²) in [5.41, 5.74) is 1.61. The van der Waals surface area contributed by atoms with Gasteiger partial charge in [0.15, 0.2) is 5.58 Å². The monoisotopic (exact) mass is 450 g/mol. The fourth-order valence-corrected chi connectivity index (χ4v) is 4.31. The molecule has 11 heteroatoms. The molecule has 8 nitrogen and oxygen atoms in total. The summed E-state index contributed by atoms with van der Waals surface area (Å²) in [5.74, 6) is 1.07. The van der Waals surface area contributed by atoms with Gasteiger partial charge in [0.25, 0.3) is 5.22 Å². The molecule has 0 amide bonds. The van der Waals surface area contributed by atoms with Crippen LogP contribution in [0.1, 0.15) is 5.89 Å². The van der Waals surface area contributed by atoms with Crippen LogP contribution in [-0.4, -0.2) is 42.0 Å². The highest BCUT2D eigenvalue weighted by Crippen LogP contribution is 2.30. The van der Waals surface area contributed by atoms with Gasteiger partial charge in [-0.1, -0.05) is 35.5 Å². The van der Waals surface area contributed by atoms with E-state index in [1.807, 2.05) is 12.1 Å². The quantitative estimate of drug-likeness (QED) is 0.405. The van der Waals surface area contributed by atoms with Crippen molar-refractivity contribution in [1.82, 2.24) is 19.5 Å². The minimum absolute atomic E-state index is 0.154. The van der Waals surface area contributed by atoms with Gasteiger partial charge >= 0.3 is 0 Å². The van der Waals surface area contributed by atoms with Gasteiger partial charge < -0.3 is 8.83 Å². The van der Waals surface area contributed by atoms with Crippen LogP contribution in [0.5, 0.6) is 0 Å². The van der Waals surface area contributed by atoms with Crippen molar-refractivity contribution < 1.29 is 17.3 Å². The number of fused-ring (bicyclic) bond motifs is 1. The van der Waals surface area contributed by atoms with Crippen molar-refractivity contribution in [2.24, 2.45) is 0 Å². The molecule has 29 heavy (non-hydrogen) atoms. The maximum absolute atomic E-state index is 12.3. The molecule has 0 saturated carbocycles. The predicted octanol–water partition coefficient (Wildman–Crippen LogP) is 4.07. The maximum Gasteiger partial charge on any atom is 0.257 e. The third-order valence-electron chi connectivity index (χ3n) is 4.01. The first-order chi connectivity index (χ1) is 13.8. The van der Waals surface area contributed by atoms with Crippen LogP contribution >= 0.6 is 23.4 Å². The van der Waals surface area contributed by atoms with Crippen LogP contribution in [-0.2, 0) is 15.8 Å². The summed E-state index contributed by atoms with van der Waals surface area (Å²) in [6, 6.07) is 11.8. The number of oxazole rings is 1. The molecule has 0 unspecified atom stereocenters. The lowest BCUT2D eigenvalue weighted by Gasteiger charge is -2.10. The van der Waals surface area contributed by atoms with E-state index < -0.39 is 10.0 Å². The molecule has 2 aromatic heterocycles. The Morgan fingerprint density at radius 3 is 2.66 bits per heavy atom. The van der Waals surface area contributed by atoms with E-state index in [-0.39, 0.29) is 4.90 Å². The highest BCUT2D eigenvalue weighted by Gasteiger charge is 2.19. The summed E-state index contributed by atoms with van der Waals surface area (Å²) in [4.78, 5) is 4.50. The van der Waals surface area contributed by atoms with Crippen LogP contribution in [0.4, 0.5) is 0 Å². The number of nitrogens with zero attached hydrogens (tertiary/aromatic N) is 4. The van der Waals surface area contributed by atoms with Gasteiger partial charge in [0.1, 0.15) is 5.52 Å². The second-order valence-electron chi connectivity index (χ2n) is 6.17. The summed E-state index contributed by atoms with van der Waals surface area (Å²) in [5, 5.41) is 8.94. The zero-order chi connectivity index (χ0) is 20.6. The number of rotatable bonds is 6. The average molecular weight is 451 g/mol. The summed E-state index contributed by atoms with van der Waals surface area (Å²) in [6.07, 6.45) is 0. The number of sulfonamides is 1. The molecule has 150 valence electrons. The summed E-state index contributed by atoms with van der Waals surface area (Å²) in [6.45, 7) is 0. The number of halogens is 1. The molecule has 0 fully saturated rings. The molecule has 4 aromatic rings. The van der Waals surface area contributed by atoms with E-state index in [0.29, 0.717) is 44.4 Å².